The van der Waals surface area contributed by atoms with Crippen LogP contribution in [0.3, 0.4) is 0 Å². The summed E-state index contributed by atoms with van der Waals surface area (Å²) >= 11 is 1.87. The number of aromatic hydroxyl groups is 1. The smallest absolute Gasteiger partial charge is 0.253 e. The van der Waals surface area contributed by atoms with Gasteiger partial charge in [-0.2, -0.15) is 0 Å². The Morgan fingerprint density at radius 3 is 2.17 bits per heavy atom. The van der Waals surface area contributed by atoms with Gasteiger partial charge in [0.05, 0.1) is 10.5 Å². The number of nitrogens with one attached hydrogen (secondary N) is 2. The molecule has 9 nitrogen and oxygen atoms in total. The van der Waals surface area contributed by atoms with Gasteiger partial charge in [0.25, 0.3) is 11.8 Å². The summed E-state index contributed by atoms with van der Waals surface area (Å²) in [6.07, 6.45) is 6.95. The van der Waals surface area contributed by atoms with Crippen LogP contribution < -0.4 is 5.32 Å². The average Bonchev–Trinajstić information content (AvgIpc) is 3.47. The molecule has 0 atom stereocenters. The molecule has 252 valence electrons. The van der Waals surface area contributed by atoms with E-state index in [4.69, 9.17) is 0 Å². The van der Waals surface area contributed by atoms with Crippen molar-refractivity contribution in [3.8, 4) is 5.75 Å². The van der Waals surface area contributed by atoms with Crippen LogP contribution >= 0.6 is 11.8 Å². The van der Waals surface area contributed by atoms with Crippen molar-refractivity contribution in [3.63, 3.8) is 0 Å². The molecule has 0 radical (unpaired) electrons. The summed E-state index contributed by atoms with van der Waals surface area (Å²) in [5, 5.41) is 16.6. The Kier molecular flexibility index (Phi) is 10.6. The molecule has 3 aliphatic rings. The van der Waals surface area contributed by atoms with E-state index in [1.54, 1.807) is 0 Å². The number of aromatic amines is 1. The van der Waals surface area contributed by atoms with Gasteiger partial charge < -0.3 is 15.4 Å². The highest BCUT2D eigenvalue weighted by atomic mass is 32.2. The van der Waals surface area contributed by atoms with Crippen LogP contribution in [0.1, 0.15) is 78.4 Å². The predicted octanol–water partition coefficient (Wildman–Crippen LogP) is 5.32. The number of carbonyl (C=O) groups is 3. The number of amides is 3. The van der Waals surface area contributed by atoms with Gasteiger partial charge >= 0.3 is 0 Å². The first-order valence-corrected chi connectivity index (χ1v) is 17.8. The molecule has 1 saturated carbocycles. The number of thioether (sulfide) groups is 1. The minimum atomic E-state index is -0.226. The monoisotopic (exact) mass is 651 g/mol. The van der Waals surface area contributed by atoms with Crippen LogP contribution in [-0.2, 0) is 27.3 Å². The summed E-state index contributed by atoms with van der Waals surface area (Å²) in [4.78, 5) is 46.5. The Morgan fingerprint density at radius 1 is 0.935 bits per heavy atom. The number of aromatic nitrogens is 1. The maximum absolute atomic E-state index is 12.9. The van der Waals surface area contributed by atoms with Crippen LogP contribution in [0.15, 0.2) is 29.3 Å². The molecule has 10 heteroatoms. The number of carbonyl (C=O) groups excluding carboxylic acids is 3. The highest BCUT2D eigenvalue weighted by Crippen LogP contribution is 2.42. The molecule has 1 aliphatic carbocycles. The van der Waals surface area contributed by atoms with Crippen LogP contribution in [0.25, 0.3) is 10.9 Å². The Labute approximate surface area is 278 Å². The lowest BCUT2D eigenvalue weighted by atomic mass is 9.81. The fourth-order valence-electron chi connectivity index (χ4n) is 6.95. The van der Waals surface area contributed by atoms with E-state index in [-0.39, 0.29) is 39.7 Å². The van der Waals surface area contributed by atoms with Gasteiger partial charge in [-0.3, -0.25) is 29.1 Å². The van der Waals surface area contributed by atoms with Crippen molar-refractivity contribution in [2.75, 3.05) is 45.8 Å². The lowest BCUT2D eigenvalue weighted by Crippen LogP contribution is -2.48. The quantitative estimate of drug-likeness (QED) is 0.236. The molecule has 0 unspecified atom stereocenters. The average molecular weight is 652 g/mol. The molecule has 5 rings (SSSR count). The Balaban J connectivity index is 1.09. The second-order valence-corrected chi connectivity index (χ2v) is 17.5. The van der Waals surface area contributed by atoms with Crippen molar-refractivity contribution >= 4 is 40.4 Å². The van der Waals surface area contributed by atoms with Crippen LogP contribution in [-0.4, -0.2) is 93.1 Å². The van der Waals surface area contributed by atoms with E-state index in [2.05, 4.69) is 67.7 Å². The molecule has 3 amide bonds. The third-order valence-corrected chi connectivity index (χ3v) is 10.5. The fraction of sp³-hybridized carbons (Fsp3) is 0.639. The fourth-order valence-corrected chi connectivity index (χ4v) is 8.03. The highest BCUT2D eigenvalue weighted by molar-refractivity contribution is 8.00. The molecule has 2 fully saturated rings. The molecular formula is C36H53N5O4S. The van der Waals surface area contributed by atoms with Gasteiger partial charge in [-0.15, -0.1) is 11.8 Å². The minimum absolute atomic E-state index is 0.00538. The third-order valence-electron chi connectivity index (χ3n) is 9.37. The molecule has 46 heavy (non-hydrogen) atoms. The van der Waals surface area contributed by atoms with Gasteiger partial charge in [0.2, 0.25) is 5.91 Å². The van der Waals surface area contributed by atoms with Crippen molar-refractivity contribution in [3.05, 3.63) is 35.4 Å². The molecule has 1 aromatic heterocycles. The number of nitrogens with zero attached hydrogens (tertiary/aromatic N) is 3. The molecule has 3 N–H and O–H groups in total. The van der Waals surface area contributed by atoms with E-state index in [9.17, 15) is 19.5 Å². The molecule has 2 aliphatic heterocycles. The number of phenolic OH excluding ortho intramolecular Hbond substituents is 1. The van der Waals surface area contributed by atoms with Crippen molar-refractivity contribution in [1.29, 1.82) is 0 Å². The Hall–Kier alpha value is -2.82. The van der Waals surface area contributed by atoms with E-state index < -0.39 is 0 Å². The lowest BCUT2D eigenvalue weighted by molar-refractivity contribution is -0.138. The van der Waals surface area contributed by atoms with E-state index in [0.717, 1.165) is 75.9 Å². The summed E-state index contributed by atoms with van der Waals surface area (Å²) in [7, 11) is 0. The van der Waals surface area contributed by atoms with Crippen LogP contribution in [0.2, 0.25) is 0 Å². The first-order valence-electron chi connectivity index (χ1n) is 17.0. The van der Waals surface area contributed by atoms with E-state index in [1.165, 1.54) is 33.0 Å². The number of H-pyrrole nitrogens is 1. The zero-order valence-corrected chi connectivity index (χ0v) is 29.4. The lowest BCUT2D eigenvalue weighted by Gasteiger charge is -2.35. The number of rotatable bonds is 10. The standard InChI is InChI=1S/C36H53N5O4S/c1-35(2,3)21-27-26-11-12-29(42)28(32(26)38-34(27)46-36(4,5)6)23-40-19-17-39(18-20-40)16-15-37-33(45)25-9-7-24(8-10-25)22-41-30(43)13-14-31(41)44/h11-14,24-25,38,42H,7-10,15-23H2,1-6H3,(H,37,45). The molecule has 3 heterocycles. The molecular weight excluding hydrogens is 598 g/mol. The van der Waals surface area contributed by atoms with Gasteiger partial charge in [-0.25, -0.2) is 0 Å². The van der Waals surface area contributed by atoms with Gasteiger partial charge in [0.1, 0.15) is 5.75 Å². The van der Waals surface area contributed by atoms with E-state index in [1.807, 2.05) is 17.8 Å². The number of hydrogen-bond acceptors (Lipinski definition) is 7. The number of fused-ring (bicyclic) bond motifs is 1. The first kappa shape index (κ1) is 34.5. The van der Waals surface area contributed by atoms with Crippen LogP contribution in [0.4, 0.5) is 0 Å². The highest BCUT2D eigenvalue weighted by Gasteiger charge is 2.31. The van der Waals surface area contributed by atoms with Crippen molar-refractivity contribution in [2.24, 2.45) is 17.3 Å². The summed E-state index contributed by atoms with van der Waals surface area (Å²) < 4.78 is 0.0710. The number of imide groups is 1. The second-order valence-electron chi connectivity index (χ2n) is 15.6. The normalized spacial score (nSPS) is 21.9. The van der Waals surface area contributed by atoms with Gasteiger partial charge in [-0.1, -0.05) is 41.5 Å². The minimum Gasteiger partial charge on any atom is -0.508 e. The van der Waals surface area contributed by atoms with E-state index in [0.29, 0.717) is 25.4 Å². The summed E-state index contributed by atoms with van der Waals surface area (Å²) in [6, 6.07) is 3.94. The van der Waals surface area contributed by atoms with Crippen molar-refractivity contribution in [1.82, 2.24) is 25.0 Å². The number of phenols is 1. The van der Waals surface area contributed by atoms with Gasteiger partial charge in [-0.05, 0) is 61.1 Å². The number of benzene rings is 1. The Morgan fingerprint density at radius 2 is 1.57 bits per heavy atom. The number of piperazine rings is 1. The summed E-state index contributed by atoms with van der Waals surface area (Å²) in [5.74, 6) is 0.293. The molecule has 2 aromatic rings. The maximum Gasteiger partial charge on any atom is 0.253 e. The largest absolute Gasteiger partial charge is 0.508 e. The summed E-state index contributed by atoms with van der Waals surface area (Å²) in [6.45, 7) is 19.8. The van der Waals surface area contributed by atoms with Crippen molar-refractivity contribution < 1.29 is 19.5 Å². The van der Waals surface area contributed by atoms with Crippen LogP contribution in [0, 0.1) is 17.3 Å². The van der Waals surface area contributed by atoms with Crippen LogP contribution in [0.5, 0.6) is 5.75 Å². The molecule has 0 bridgehead atoms. The SMILES string of the molecule is CC(C)(C)Cc1c(SC(C)(C)C)[nH]c2c(CN3CCN(CCNC(=O)C4CCC(CN5C(=O)C=CC5=O)CC4)CC3)c(O)ccc12. The van der Waals surface area contributed by atoms with Gasteiger partial charge in [0, 0.05) is 86.1 Å². The maximum atomic E-state index is 12.9. The van der Waals surface area contributed by atoms with Gasteiger partial charge in [0.15, 0.2) is 0 Å². The first-order chi connectivity index (χ1) is 21.7. The van der Waals surface area contributed by atoms with E-state index >= 15 is 0 Å². The second kappa shape index (κ2) is 14.1. The topological polar surface area (TPSA) is 109 Å². The number of hydrogen-bond donors (Lipinski definition) is 3. The molecule has 0 spiro atoms. The zero-order chi connectivity index (χ0) is 33.2. The third kappa shape index (κ3) is 8.75. The molecule has 1 saturated heterocycles. The van der Waals surface area contributed by atoms with Crippen molar-refractivity contribution in [2.45, 2.75) is 90.0 Å². The zero-order valence-electron chi connectivity index (χ0n) is 28.6. The predicted molar refractivity (Wildman–Crippen MR) is 185 cm³/mol. The summed E-state index contributed by atoms with van der Waals surface area (Å²) in [5.41, 5.74) is 3.52. The molecule has 1 aromatic carbocycles. The Bertz CT molecular complexity index is 1440.